The second kappa shape index (κ2) is 6.13. The van der Waals surface area contributed by atoms with Gasteiger partial charge in [0.1, 0.15) is 17.5 Å². The number of aliphatic hydroxyl groups is 3. The summed E-state index contributed by atoms with van der Waals surface area (Å²) >= 11 is 1.49. The van der Waals surface area contributed by atoms with Crippen molar-refractivity contribution in [3.63, 3.8) is 0 Å². The van der Waals surface area contributed by atoms with E-state index in [9.17, 15) is 15.3 Å². The standard InChI is InChI=1S/C13H17N5O3S/c14-13-16-4-7(12-15-1-2-22-12)11(18-13)17-8-3-6(5-19)9(20)10(8)21/h1-2,4,6,8-10,19-21H,3,5H2,(H3,14,16,17,18)/p+1/t6-,8-,9-,10+/m1/s1. The molecule has 9 heteroatoms. The average molecular weight is 324 g/mol. The lowest BCUT2D eigenvalue weighted by molar-refractivity contribution is -0.358. The maximum absolute atomic E-state index is 10.1. The highest BCUT2D eigenvalue weighted by Gasteiger charge is 2.41. The summed E-state index contributed by atoms with van der Waals surface area (Å²) in [6, 6.07) is -0.417. The molecule has 1 aliphatic rings. The molecule has 0 amide bonds. The zero-order valence-corrected chi connectivity index (χ0v) is 12.5. The van der Waals surface area contributed by atoms with Crippen molar-refractivity contribution < 1.29 is 20.3 Å². The molecule has 8 nitrogen and oxygen atoms in total. The Morgan fingerprint density at radius 3 is 2.86 bits per heavy atom. The van der Waals surface area contributed by atoms with Gasteiger partial charge in [0.15, 0.2) is 6.20 Å². The fourth-order valence-corrected chi connectivity index (χ4v) is 3.37. The summed E-state index contributed by atoms with van der Waals surface area (Å²) in [5, 5.41) is 35.1. The predicted molar refractivity (Wildman–Crippen MR) is 80.9 cm³/mol. The van der Waals surface area contributed by atoms with Crippen LogP contribution in [-0.4, -0.2) is 50.1 Å². The molecule has 1 fully saturated rings. The molecular weight excluding hydrogens is 306 g/mol. The van der Waals surface area contributed by atoms with Crippen LogP contribution >= 0.6 is 11.3 Å². The Kier molecular flexibility index (Phi) is 4.21. The van der Waals surface area contributed by atoms with Crippen molar-refractivity contribution in [2.75, 3.05) is 17.7 Å². The first-order valence-electron chi connectivity index (χ1n) is 6.91. The van der Waals surface area contributed by atoms with Crippen molar-refractivity contribution in [1.82, 2.24) is 9.97 Å². The minimum Gasteiger partial charge on any atom is -0.396 e. The molecule has 0 spiro atoms. The third kappa shape index (κ3) is 2.75. The van der Waals surface area contributed by atoms with Crippen LogP contribution in [0.2, 0.25) is 0 Å². The first kappa shape index (κ1) is 15.1. The first-order chi connectivity index (χ1) is 10.6. The molecule has 0 unspecified atom stereocenters. The largest absolute Gasteiger partial charge is 0.396 e. The summed E-state index contributed by atoms with van der Waals surface area (Å²) in [5.74, 6) is 0.249. The van der Waals surface area contributed by atoms with Gasteiger partial charge in [-0.25, -0.2) is 9.97 Å². The third-order valence-corrected chi connectivity index (χ3v) is 4.72. The molecule has 1 aliphatic carbocycles. The lowest BCUT2D eigenvalue weighted by Gasteiger charge is -2.19. The van der Waals surface area contributed by atoms with E-state index in [-0.39, 0.29) is 18.5 Å². The zero-order valence-electron chi connectivity index (χ0n) is 11.7. The molecule has 7 N–H and O–H groups in total. The summed E-state index contributed by atoms with van der Waals surface area (Å²) in [7, 11) is 0. The molecule has 2 heterocycles. The number of rotatable bonds is 4. The van der Waals surface area contributed by atoms with Crippen LogP contribution in [0.15, 0.2) is 17.8 Å². The van der Waals surface area contributed by atoms with Crippen LogP contribution in [0.3, 0.4) is 0 Å². The number of anilines is 2. The molecule has 22 heavy (non-hydrogen) atoms. The Bertz CT molecular complexity index is 639. The number of nitrogens with two attached hydrogens (primary N) is 1. The van der Waals surface area contributed by atoms with E-state index in [4.69, 9.17) is 5.73 Å². The third-order valence-electron chi connectivity index (χ3n) is 3.88. The van der Waals surface area contributed by atoms with E-state index in [2.05, 4.69) is 20.3 Å². The van der Waals surface area contributed by atoms with E-state index in [1.807, 2.05) is 5.38 Å². The van der Waals surface area contributed by atoms with E-state index < -0.39 is 18.2 Å². The fraction of sp³-hybridized carbons (Fsp3) is 0.462. The van der Waals surface area contributed by atoms with Crippen molar-refractivity contribution in [2.45, 2.75) is 24.7 Å². The van der Waals surface area contributed by atoms with E-state index in [0.717, 1.165) is 10.6 Å². The highest BCUT2D eigenvalue weighted by atomic mass is 32.1. The molecule has 0 bridgehead atoms. The molecule has 4 atom stereocenters. The maximum atomic E-state index is 10.1. The zero-order chi connectivity index (χ0) is 15.7. The van der Waals surface area contributed by atoms with Gasteiger partial charge in [-0.2, -0.15) is 4.98 Å². The number of aromatic amines is 1. The van der Waals surface area contributed by atoms with E-state index in [1.165, 1.54) is 11.3 Å². The Labute approximate surface area is 130 Å². The fourth-order valence-electron chi connectivity index (χ4n) is 2.68. The molecule has 0 aliphatic heterocycles. The second-order valence-electron chi connectivity index (χ2n) is 5.29. The molecule has 0 saturated heterocycles. The minimum atomic E-state index is -0.978. The van der Waals surface area contributed by atoms with Crippen LogP contribution in [0, 0.1) is 5.92 Å². The number of nitrogen functional groups attached to an aromatic ring is 1. The number of aliphatic hydroxyl groups excluding tert-OH is 3. The topological polar surface area (TPSA) is 139 Å². The van der Waals surface area contributed by atoms with Gasteiger partial charge < -0.3 is 26.4 Å². The van der Waals surface area contributed by atoms with Crippen molar-refractivity contribution in [2.24, 2.45) is 5.92 Å². The van der Waals surface area contributed by atoms with Crippen molar-refractivity contribution in [1.29, 1.82) is 0 Å². The number of aromatic nitrogens is 3. The number of nitrogens with one attached hydrogen (secondary N) is 2. The van der Waals surface area contributed by atoms with Crippen molar-refractivity contribution in [3.05, 3.63) is 17.8 Å². The normalized spacial score (nSPS) is 28.0. The van der Waals surface area contributed by atoms with Gasteiger partial charge in [-0.15, -0.1) is 0 Å². The predicted octanol–water partition coefficient (Wildman–Crippen LogP) is -0.884. The highest BCUT2D eigenvalue weighted by Crippen LogP contribution is 2.32. The smallest absolute Gasteiger partial charge is 0.272 e. The highest BCUT2D eigenvalue weighted by molar-refractivity contribution is 7.12. The molecular formula is C13H18N5O3S+. The van der Waals surface area contributed by atoms with Crippen molar-refractivity contribution in [3.8, 4) is 10.6 Å². The first-order valence-corrected chi connectivity index (χ1v) is 7.79. The lowest BCUT2D eigenvalue weighted by atomic mass is 10.1. The Morgan fingerprint density at radius 1 is 1.41 bits per heavy atom. The summed E-state index contributed by atoms with van der Waals surface area (Å²) in [5.41, 5.74) is 6.38. The van der Waals surface area contributed by atoms with Gasteiger partial charge in [0, 0.05) is 18.7 Å². The molecule has 2 aromatic rings. The molecule has 118 valence electrons. The van der Waals surface area contributed by atoms with Crippen LogP contribution in [0.4, 0.5) is 11.8 Å². The van der Waals surface area contributed by atoms with E-state index >= 15 is 0 Å². The lowest BCUT2D eigenvalue weighted by Crippen LogP contribution is -2.35. The van der Waals surface area contributed by atoms with Gasteiger partial charge in [0.25, 0.3) is 5.01 Å². The van der Waals surface area contributed by atoms with Crippen LogP contribution in [0.1, 0.15) is 6.42 Å². The molecule has 0 radical (unpaired) electrons. The van der Waals surface area contributed by atoms with Crippen LogP contribution < -0.4 is 16.0 Å². The van der Waals surface area contributed by atoms with Gasteiger partial charge in [-0.3, -0.25) is 0 Å². The van der Waals surface area contributed by atoms with Crippen LogP contribution in [0.25, 0.3) is 10.6 Å². The van der Waals surface area contributed by atoms with Gasteiger partial charge in [0.2, 0.25) is 5.95 Å². The molecule has 0 aromatic carbocycles. The summed E-state index contributed by atoms with van der Waals surface area (Å²) in [4.78, 5) is 11.3. The van der Waals surface area contributed by atoms with Gasteiger partial charge in [0.05, 0.1) is 17.5 Å². The SMILES string of the molecule is Nc1ncc(-c2[nH+]ccs2)c(N[C@@H]2C[C@H](CO)[C@@H](O)[C@H]2O)n1. The number of hydrogen-bond donors (Lipinski definition) is 5. The molecule has 2 aromatic heterocycles. The number of H-pyrrole nitrogens is 1. The Balaban J connectivity index is 1.88. The summed E-state index contributed by atoms with van der Waals surface area (Å²) < 4.78 is 0. The van der Waals surface area contributed by atoms with E-state index in [1.54, 1.807) is 12.4 Å². The number of hydrogen-bond acceptors (Lipinski definition) is 8. The van der Waals surface area contributed by atoms with Crippen LogP contribution in [0.5, 0.6) is 0 Å². The maximum Gasteiger partial charge on any atom is 0.272 e. The van der Waals surface area contributed by atoms with Gasteiger partial charge in [-0.1, -0.05) is 11.3 Å². The van der Waals surface area contributed by atoms with Gasteiger partial charge >= 0.3 is 0 Å². The van der Waals surface area contributed by atoms with E-state index in [0.29, 0.717) is 12.2 Å². The number of thiazole rings is 1. The number of nitrogens with zero attached hydrogens (tertiary/aromatic N) is 2. The summed E-state index contributed by atoms with van der Waals surface area (Å²) in [6.45, 7) is -0.173. The minimum absolute atomic E-state index is 0.120. The second-order valence-corrected chi connectivity index (χ2v) is 6.21. The Morgan fingerprint density at radius 2 is 2.23 bits per heavy atom. The monoisotopic (exact) mass is 324 g/mol. The van der Waals surface area contributed by atoms with Crippen LogP contribution in [-0.2, 0) is 0 Å². The Hall–Kier alpha value is -1.81. The van der Waals surface area contributed by atoms with Crippen molar-refractivity contribution >= 4 is 23.1 Å². The van der Waals surface area contributed by atoms with Gasteiger partial charge in [-0.05, 0) is 6.42 Å². The quantitative estimate of drug-likeness (QED) is 0.492. The summed E-state index contributed by atoms with van der Waals surface area (Å²) in [6.07, 6.45) is 1.91. The molecule has 3 rings (SSSR count). The molecule has 1 saturated carbocycles. The average Bonchev–Trinajstić information content (AvgIpc) is 3.12.